The Hall–Kier alpha value is -6.37. The molecule has 0 N–H and O–H groups in total. The first-order valence-corrected chi connectivity index (χ1v) is 14.5. The number of aryl methyl sites for hydroxylation is 1. The highest BCUT2D eigenvalue weighted by molar-refractivity contribution is 5.81. The molecule has 13 heteroatoms. The lowest BCUT2D eigenvalue weighted by Gasteiger charge is -2.07. The molecule has 0 aliphatic heterocycles. The molecule has 4 aromatic carbocycles. The lowest BCUT2D eigenvalue weighted by molar-refractivity contribution is -0.139. The maximum atomic E-state index is 14.4. The molecule has 0 spiro atoms. The monoisotopic (exact) mass is 650 g/mol. The van der Waals surface area contributed by atoms with Crippen LogP contribution in [-0.2, 0) is 19.1 Å². The first-order chi connectivity index (χ1) is 23.3. The van der Waals surface area contributed by atoms with E-state index in [9.17, 15) is 14.0 Å². The number of benzene rings is 4. The van der Waals surface area contributed by atoms with Crippen molar-refractivity contribution < 1.29 is 32.9 Å². The molecule has 12 nitrogen and oxygen atoms in total. The zero-order valence-corrected chi connectivity index (χ0v) is 26.0. The van der Waals surface area contributed by atoms with Crippen LogP contribution in [0.2, 0.25) is 0 Å². The Morgan fingerprint density at radius 3 is 1.56 bits per heavy atom. The van der Waals surface area contributed by atoms with Crippen molar-refractivity contribution in [3.8, 4) is 11.5 Å². The van der Waals surface area contributed by atoms with Crippen molar-refractivity contribution in [2.45, 2.75) is 6.92 Å². The number of halogens is 1. The number of carbonyl (C=O) groups excluding carboxylic acids is 2. The van der Waals surface area contributed by atoms with Gasteiger partial charge in [0.15, 0.2) is 5.82 Å². The van der Waals surface area contributed by atoms with Crippen LogP contribution in [0.3, 0.4) is 0 Å². The third-order valence-electron chi connectivity index (χ3n) is 6.14. The number of carbonyl (C=O) groups is 2. The molecule has 0 unspecified atom stereocenters. The molecule has 244 valence electrons. The highest BCUT2D eigenvalue weighted by Crippen LogP contribution is 2.29. The standard InChI is InChI=1S/C35H31FN6O6/c1-4-34(43)47-20-18-45-29-13-10-27(11-14-29)37-40-28-12-16-32(24(3)22-28)41-38-25-6-8-26(9-7-25)39-42-33-17-15-30(23-31(33)36)46-19-21-48-35(44)5-2/h4-17,22-23H,1-2,18-21H2,3H3. The molecule has 0 heterocycles. The third-order valence-corrected chi connectivity index (χ3v) is 6.14. The van der Waals surface area contributed by atoms with Gasteiger partial charge in [-0.05, 0) is 91.3 Å². The molecule has 48 heavy (non-hydrogen) atoms. The summed E-state index contributed by atoms with van der Waals surface area (Å²) in [4.78, 5) is 22.1. The van der Waals surface area contributed by atoms with E-state index in [0.29, 0.717) is 34.2 Å². The highest BCUT2D eigenvalue weighted by atomic mass is 19.1. The van der Waals surface area contributed by atoms with E-state index in [1.54, 1.807) is 66.7 Å². The lowest BCUT2D eigenvalue weighted by atomic mass is 10.2. The van der Waals surface area contributed by atoms with Crippen molar-refractivity contribution >= 4 is 46.1 Å². The Kier molecular flexibility index (Phi) is 12.9. The molecule has 0 atom stereocenters. The van der Waals surface area contributed by atoms with Gasteiger partial charge < -0.3 is 18.9 Å². The molecular formula is C35H31FN6O6. The van der Waals surface area contributed by atoms with Crippen LogP contribution < -0.4 is 9.47 Å². The van der Waals surface area contributed by atoms with Gasteiger partial charge in [0.2, 0.25) is 0 Å². The second kappa shape index (κ2) is 17.9. The minimum absolute atomic E-state index is 0.0125. The Labute approximate surface area is 276 Å². The maximum Gasteiger partial charge on any atom is 0.330 e. The topological polar surface area (TPSA) is 145 Å². The zero-order valence-electron chi connectivity index (χ0n) is 26.0. The predicted molar refractivity (Wildman–Crippen MR) is 176 cm³/mol. The quantitative estimate of drug-likeness (QED) is 0.0511. The molecule has 0 radical (unpaired) electrons. The van der Waals surface area contributed by atoms with E-state index < -0.39 is 17.8 Å². The summed E-state index contributed by atoms with van der Waals surface area (Å²) in [7, 11) is 0. The zero-order chi connectivity index (χ0) is 34.1. The number of azo groups is 3. The number of rotatable bonds is 16. The summed E-state index contributed by atoms with van der Waals surface area (Å²) in [5.41, 5.74) is 3.93. The summed E-state index contributed by atoms with van der Waals surface area (Å²) in [6.07, 6.45) is 2.15. The minimum Gasteiger partial charge on any atom is -0.490 e. The van der Waals surface area contributed by atoms with Crippen LogP contribution in [0.1, 0.15) is 5.56 Å². The smallest absolute Gasteiger partial charge is 0.330 e. The van der Waals surface area contributed by atoms with Gasteiger partial charge in [0.05, 0.1) is 28.4 Å². The first-order valence-electron chi connectivity index (χ1n) is 14.5. The second-order valence-corrected chi connectivity index (χ2v) is 9.63. The second-order valence-electron chi connectivity index (χ2n) is 9.63. The Morgan fingerprint density at radius 1 is 0.583 bits per heavy atom. The van der Waals surface area contributed by atoms with Gasteiger partial charge in [0.1, 0.15) is 43.6 Å². The van der Waals surface area contributed by atoms with Crippen LogP contribution in [-0.4, -0.2) is 38.4 Å². The molecule has 0 saturated heterocycles. The summed E-state index contributed by atoms with van der Waals surface area (Å²) in [6.45, 7) is 8.96. The first kappa shape index (κ1) is 34.5. The molecule has 4 aromatic rings. The average molecular weight is 651 g/mol. The number of hydrogen-bond acceptors (Lipinski definition) is 12. The van der Waals surface area contributed by atoms with Crippen LogP contribution >= 0.6 is 0 Å². The van der Waals surface area contributed by atoms with E-state index in [4.69, 9.17) is 18.9 Å². The Morgan fingerprint density at radius 2 is 1.02 bits per heavy atom. The van der Waals surface area contributed by atoms with Gasteiger partial charge in [-0.3, -0.25) is 0 Å². The van der Waals surface area contributed by atoms with Crippen molar-refractivity contribution in [2.24, 2.45) is 30.7 Å². The molecule has 0 aliphatic rings. The van der Waals surface area contributed by atoms with Crippen molar-refractivity contribution in [1.29, 1.82) is 0 Å². The van der Waals surface area contributed by atoms with Crippen molar-refractivity contribution in [3.63, 3.8) is 0 Å². The molecule has 0 bridgehead atoms. The van der Waals surface area contributed by atoms with E-state index in [1.165, 1.54) is 12.1 Å². The summed E-state index contributed by atoms with van der Waals surface area (Å²) in [5, 5.41) is 25.2. The summed E-state index contributed by atoms with van der Waals surface area (Å²) < 4.78 is 35.0. The SMILES string of the molecule is C=CC(=O)OCCOc1ccc(N=Nc2ccc(N=Nc3ccc(N=Nc4ccc(OCCOC(=O)C=C)cc4F)cc3)c(C)c2)cc1. The van der Waals surface area contributed by atoms with Crippen LogP contribution in [0.5, 0.6) is 11.5 Å². The molecule has 0 saturated carbocycles. The van der Waals surface area contributed by atoms with E-state index in [1.807, 2.05) is 13.0 Å². The maximum absolute atomic E-state index is 14.4. The summed E-state index contributed by atoms with van der Waals surface area (Å²) >= 11 is 0. The van der Waals surface area contributed by atoms with Crippen LogP contribution in [0.25, 0.3) is 0 Å². The number of esters is 2. The van der Waals surface area contributed by atoms with Gasteiger partial charge in [-0.15, -0.1) is 5.11 Å². The van der Waals surface area contributed by atoms with Gasteiger partial charge in [0, 0.05) is 18.2 Å². The molecule has 0 aliphatic carbocycles. The molecule has 0 amide bonds. The molecular weight excluding hydrogens is 619 g/mol. The summed E-state index contributed by atoms with van der Waals surface area (Å²) in [5.74, 6) is -0.794. The number of hydrogen-bond donors (Lipinski definition) is 0. The van der Waals surface area contributed by atoms with Gasteiger partial charge in [-0.1, -0.05) is 13.2 Å². The fourth-order valence-corrected chi connectivity index (χ4v) is 3.73. The van der Waals surface area contributed by atoms with E-state index in [-0.39, 0.29) is 37.9 Å². The fourth-order valence-electron chi connectivity index (χ4n) is 3.73. The number of ether oxygens (including phenoxy) is 4. The predicted octanol–water partition coefficient (Wildman–Crippen LogP) is 9.60. The van der Waals surface area contributed by atoms with Gasteiger partial charge >= 0.3 is 11.9 Å². The number of nitrogens with zero attached hydrogens (tertiary/aromatic N) is 6. The van der Waals surface area contributed by atoms with Crippen molar-refractivity contribution in [1.82, 2.24) is 0 Å². The molecule has 0 fully saturated rings. The van der Waals surface area contributed by atoms with Crippen LogP contribution in [0.4, 0.5) is 38.5 Å². The minimum atomic E-state index is -0.615. The Balaban J connectivity index is 1.26. The third kappa shape index (κ3) is 11.2. The Bertz CT molecular complexity index is 1820. The van der Waals surface area contributed by atoms with E-state index >= 15 is 0 Å². The average Bonchev–Trinajstić information content (AvgIpc) is 3.11. The van der Waals surface area contributed by atoms with E-state index in [0.717, 1.165) is 17.7 Å². The lowest BCUT2D eigenvalue weighted by Crippen LogP contribution is -2.10. The highest BCUT2D eigenvalue weighted by Gasteiger charge is 2.05. The van der Waals surface area contributed by atoms with Crippen LogP contribution in [0, 0.1) is 12.7 Å². The molecule has 0 aromatic heterocycles. The van der Waals surface area contributed by atoms with Crippen molar-refractivity contribution in [3.05, 3.63) is 122 Å². The normalized spacial score (nSPS) is 11.1. The largest absolute Gasteiger partial charge is 0.490 e. The summed E-state index contributed by atoms with van der Waals surface area (Å²) in [6, 6.07) is 23.4. The van der Waals surface area contributed by atoms with Crippen LogP contribution in [0.15, 0.2) is 141 Å². The van der Waals surface area contributed by atoms with E-state index in [2.05, 4.69) is 43.8 Å². The molecule has 4 rings (SSSR count). The van der Waals surface area contributed by atoms with Crippen molar-refractivity contribution in [2.75, 3.05) is 26.4 Å². The fraction of sp³-hybridized carbons (Fsp3) is 0.143. The van der Waals surface area contributed by atoms with Gasteiger partial charge in [-0.25, -0.2) is 14.0 Å². The van der Waals surface area contributed by atoms with Gasteiger partial charge in [-0.2, -0.15) is 25.6 Å². The van der Waals surface area contributed by atoms with Gasteiger partial charge in [0.25, 0.3) is 0 Å².